The largest absolute Gasteiger partial charge is 0.390 e. The first-order chi connectivity index (χ1) is 30.9. The van der Waals surface area contributed by atoms with Crippen molar-refractivity contribution in [2.45, 2.75) is 47.8 Å². The summed E-state index contributed by atoms with van der Waals surface area (Å²) in [6, 6.07) is 49.8. The second kappa shape index (κ2) is 19.6. The summed E-state index contributed by atoms with van der Waals surface area (Å²) < 4.78 is 6.20. The molecule has 3 heterocycles. The molecule has 318 valence electrons. The molecule has 0 saturated heterocycles. The fourth-order valence-electron chi connectivity index (χ4n) is 8.05. The second-order valence-electron chi connectivity index (χ2n) is 15.2. The summed E-state index contributed by atoms with van der Waals surface area (Å²) in [6.07, 6.45) is 2.35. The highest BCUT2D eigenvalue weighted by atomic mass is 32.2. The number of hydrogen-bond donors (Lipinski definition) is 2. The monoisotopic (exact) mass is 888 g/mol. The van der Waals surface area contributed by atoms with E-state index in [1.807, 2.05) is 83.1 Å². The van der Waals surface area contributed by atoms with Crippen LogP contribution in [0, 0.1) is 0 Å². The van der Waals surface area contributed by atoms with Crippen molar-refractivity contribution in [3.63, 3.8) is 0 Å². The Balaban J connectivity index is 0.814. The number of hydrogen-bond acceptors (Lipinski definition) is 11. The second-order valence-corrected chi connectivity index (χ2v) is 18.7. The average Bonchev–Trinajstić information content (AvgIpc) is 4.02. The van der Waals surface area contributed by atoms with Crippen molar-refractivity contribution in [2.75, 3.05) is 34.6 Å². The molecular weight excluding hydrogens is 841 g/mol. The zero-order valence-electron chi connectivity index (χ0n) is 35.1. The standard InChI is InChI=1S/C50H48N8O2S3/c1-3-55-45-21-13-11-19-41(45)43-27-35(23-25-47(43)55)29-51-57(37-15-7-5-8-16-37)31-39(59)33-61-49-53-54-50(63-49)62-34-40(60)32-58(38-17-9-6-10-18-38)52-30-36-24-26-48-44(28-36)42-20-12-14-22-46(42)56(48)4-2/h5-30,39-40,59-60H,3-4,31-34H2,1-2H3. The number of benzene rings is 6. The third-order valence-corrected chi connectivity index (χ3v) is 14.5. The fraction of sp³-hybridized carbons (Fsp3) is 0.200. The molecule has 13 heteroatoms. The van der Waals surface area contributed by atoms with Crippen molar-refractivity contribution in [3.05, 3.63) is 157 Å². The number of aliphatic hydroxyl groups excluding tert-OH is 2. The van der Waals surface area contributed by atoms with Gasteiger partial charge in [-0.2, -0.15) is 10.2 Å². The molecular formula is C50H48N8O2S3. The van der Waals surface area contributed by atoms with Gasteiger partial charge in [0.2, 0.25) is 0 Å². The molecule has 10 nitrogen and oxygen atoms in total. The molecule has 0 bridgehead atoms. The summed E-state index contributed by atoms with van der Waals surface area (Å²) in [7, 11) is 0. The van der Waals surface area contributed by atoms with Gasteiger partial charge in [-0.15, -0.1) is 10.2 Å². The number of anilines is 2. The molecule has 9 aromatic rings. The molecule has 2 atom stereocenters. The number of para-hydroxylation sites is 4. The molecule has 0 fully saturated rings. The van der Waals surface area contributed by atoms with Crippen LogP contribution in [0.25, 0.3) is 43.6 Å². The predicted molar refractivity (Wildman–Crippen MR) is 266 cm³/mol. The average molecular weight is 889 g/mol. The minimum absolute atomic E-state index is 0.301. The number of aryl methyl sites for hydroxylation is 2. The van der Waals surface area contributed by atoms with Crippen LogP contribution in [-0.2, 0) is 13.1 Å². The van der Waals surface area contributed by atoms with Gasteiger partial charge in [0.25, 0.3) is 0 Å². The van der Waals surface area contributed by atoms with Crippen LogP contribution < -0.4 is 10.0 Å². The van der Waals surface area contributed by atoms with Gasteiger partial charge in [-0.05, 0) is 85.6 Å². The molecule has 9 rings (SSSR count). The number of nitrogens with zero attached hydrogens (tertiary/aromatic N) is 8. The molecule has 0 aliphatic carbocycles. The van der Waals surface area contributed by atoms with E-state index in [0.29, 0.717) is 24.6 Å². The van der Waals surface area contributed by atoms with E-state index in [1.54, 1.807) is 0 Å². The molecule has 2 N–H and O–H groups in total. The van der Waals surface area contributed by atoms with Crippen LogP contribution in [0.1, 0.15) is 25.0 Å². The van der Waals surface area contributed by atoms with E-state index in [0.717, 1.165) is 44.3 Å². The zero-order valence-corrected chi connectivity index (χ0v) is 37.6. The van der Waals surface area contributed by atoms with E-state index >= 15 is 0 Å². The van der Waals surface area contributed by atoms with Gasteiger partial charge in [-0.25, -0.2) is 0 Å². The van der Waals surface area contributed by atoms with E-state index in [9.17, 15) is 10.2 Å². The molecule has 0 aliphatic heterocycles. The van der Waals surface area contributed by atoms with Gasteiger partial charge in [0, 0.05) is 68.2 Å². The summed E-state index contributed by atoms with van der Waals surface area (Å²) in [5.41, 5.74) is 8.62. The van der Waals surface area contributed by atoms with Gasteiger partial charge in [-0.1, -0.05) is 120 Å². The smallest absolute Gasteiger partial charge is 0.175 e. The van der Waals surface area contributed by atoms with Gasteiger partial charge in [0.05, 0.1) is 49.1 Å². The SMILES string of the molecule is CCn1c2ccccc2c2cc(C=NN(CC(O)CSc3nnc(SCC(O)CN(N=Cc4ccc5c(c4)c4ccccc4n5CC)c4ccccc4)s3)c3ccccc3)ccc21. The molecule has 0 aliphatic rings. The van der Waals surface area contributed by atoms with Gasteiger partial charge in [0.1, 0.15) is 0 Å². The van der Waals surface area contributed by atoms with Gasteiger partial charge < -0.3 is 19.3 Å². The lowest BCUT2D eigenvalue weighted by atomic mass is 10.1. The quantitative estimate of drug-likeness (QED) is 0.0498. The normalized spacial score (nSPS) is 13.0. The molecule has 6 aromatic carbocycles. The fourth-order valence-corrected chi connectivity index (χ4v) is 11.0. The van der Waals surface area contributed by atoms with Crippen molar-refractivity contribution in [2.24, 2.45) is 10.2 Å². The topological polar surface area (TPSA) is 107 Å². The van der Waals surface area contributed by atoms with E-state index < -0.39 is 12.2 Å². The number of hydrazone groups is 2. The summed E-state index contributed by atoms with van der Waals surface area (Å²) in [5, 5.41) is 49.6. The van der Waals surface area contributed by atoms with Gasteiger partial charge in [-0.3, -0.25) is 10.0 Å². The molecule has 2 unspecified atom stereocenters. The Morgan fingerprint density at radius 2 is 0.937 bits per heavy atom. The first-order valence-corrected chi connectivity index (χ1v) is 23.9. The highest BCUT2D eigenvalue weighted by Crippen LogP contribution is 2.33. The Morgan fingerprint density at radius 1 is 0.540 bits per heavy atom. The number of aromatic nitrogens is 4. The molecule has 3 aromatic heterocycles. The summed E-state index contributed by atoms with van der Waals surface area (Å²) in [5.74, 6) is 0.835. The minimum atomic E-state index is -0.692. The van der Waals surface area contributed by atoms with Gasteiger partial charge in [0.15, 0.2) is 8.68 Å². The van der Waals surface area contributed by atoms with E-state index in [-0.39, 0.29) is 0 Å². The zero-order chi connectivity index (χ0) is 43.1. The maximum Gasteiger partial charge on any atom is 0.175 e. The first kappa shape index (κ1) is 42.3. The Bertz CT molecular complexity index is 2820. The number of fused-ring (bicyclic) bond motifs is 6. The lowest BCUT2D eigenvalue weighted by Crippen LogP contribution is -2.30. The van der Waals surface area contributed by atoms with Crippen LogP contribution in [0.2, 0.25) is 0 Å². The van der Waals surface area contributed by atoms with E-state index in [4.69, 9.17) is 10.2 Å². The van der Waals surface area contributed by atoms with Crippen molar-refractivity contribution >= 4 is 102 Å². The van der Waals surface area contributed by atoms with E-state index in [1.165, 1.54) is 78.5 Å². The number of aliphatic hydroxyl groups is 2. The van der Waals surface area contributed by atoms with Crippen LogP contribution in [-0.4, -0.2) is 78.8 Å². The Morgan fingerprint density at radius 3 is 1.37 bits per heavy atom. The van der Waals surface area contributed by atoms with Crippen molar-refractivity contribution in [3.8, 4) is 0 Å². The van der Waals surface area contributed by atoms with Crippen LogP contribution >= 0.6 is 34.9 Å². The first-order valence-electron chi connectivity index (χ1n) is 21.2. The lowest BCUT2D eigenvalue weighted by molar-refractivity contribution is 0.204. The van der Waals surface area contributed by atoms with Crippen LogP contribution in [0.3, 0.4) is 0 Å². The van der Waals surface area contributed by atoms with E-state index in [2.05, 4.69) is 118 Å². The lowest BCUT2D eigenvalue weighted by Gasteiger charge is -2.22. The molecule has 0 amide bonds. The predicted octanol–water partition coefficient (Wildman–Crippen LogP) is 10.8. The maximum absolute atomic E-state index is 11.3. The van der Waals surface area contributed by atoms with Gasteiger partial charge >= 0.3 is 0 Å². The van der Waals surface area contributed by atoms with Crippen molar-refractivity contribution in [1.82, 2.24) is 19.3 Å². The Kier molecular flexibility index (Phi) is 13.2. The number of rotatable bonds is 18. The highest BCUT2D eigenvalue weighted by molar-refractivity contribution is 8.03. The third-order valence-electron chi connectivity index (χ3n) is 11.0. The van der Waals surface area contributed by atoms with Crippen LogP contribution in [0.4, 0.5) is 11.4 Å². The minimum Gasteiger partial charge on any atom is -0.390 e. The number of thioether (sulfide) groups is 2. The highest BCUT2D eigenvalue weighted by Gasteiger charge is 2.18. The molecule has 0 saturated carbocycles. The summed E-state index contributed by atoms with van der Waals surface area (Å²) >= 11 is 4.40. The molecule has 0 radical (unpaired) electrons. The molecule has 0 spiro atoms. The maximum atomic E-state index is 11.3. The summed E-state index contributed by atoms with van der Waals surface area (Å²) in [6.45, 7) is 6.74. The third kappa shape index (κ3) is 9.53. The summed E-state index contributed by atoms with van der Waals surface area (Å²) in [4.78, 5) is 0. The van der Waals surface area contributed by atoms with Crippen molar-refractivity contribution < 1.29 is 10.2 Å². The van der Waals surface area contributed by atoms with Crippen LogP contribution in [0.5, 0.6) is 0 Å². The Hall–Kier alpha value is -5.96. The molecule has 63 heavy (non-hydrogen) atoms. The van der Waals surface area contributed by atoms with Crippen LogP contribution in [0.15, 0.2) is 164 Å². The van der Waals surface area contributed by atoms with Crippen molar-refractivity contribution in [1.29, 1.82) is 0 Å². The Labute approximate surface area is 379 Å².